The number of hydrogen-bond acceptors (Lipinski definition) is 5. The van der Waals surface area contributed by atoms with Crippen molar-refractivity contribution < 1.29 is 28.2 Å². The molecule has 1 aliphatic rings. The molecule has 3 rings (SSSR count). The topological polar surface area (TPSA) is 68.3 Å². The first-order chi connectivity index (χ1) is 15.5. The van der Waals surface area contributed by atoms with Crippen molar-refractivity contribution in [2.24, 2.45) is 0 Å². The van der Waals surface area contributed by atoms with Gasteiger partial charge in [-0.1, -0.05) is 23.7 Å². The highest BCUT2D eigenvalue weighted by Gasteiger charge is 2.28. The highest BCUT2D eigenvalue weighted by molar-refractivity contribution is 6.30. The summed E-state index contributed by atoms with van der Waals surface area (Å²) in [6, 6.07) is 12.6. The molecule has 7 nitrogen and oxygen atoms in total. The third-order valence-electron chi connectivity index (χ3n) is 5.05. The highest BCUT2D eigenvalue weighted by atomic mass is 35.5. The number of benzene rings is 2. The van der Waals surface area contributed by atoms with Crippen molar-refractivity contribution in [3.05, 3.63) is 64.9 Å². The maximum atomic E-state index is 14.1. The van der Waals surface area contributed by atoms with E-state index in [4.69, 9.17) is 25.8 Å². The molecule has 0 unspecified atom stereocenters. The second kappa shape index (κ2) is 11.8. The van der Waals surface area contributed by atoms with Gasteiger partial charge in [-0.25, -0.2) is 4.39 Å². The van der Waals surface area contributed by atoms with Gasteiger partial charge in [0.05, 0.1) is 24.9 Å². The summed E-state index contributed by atoms with van der Waals surface area (Å²) in [4.78, 5) is 28.7. The Morgan fingerprint density at radius 3 is 2.69 bits per heavy atom. The number of ether oxygens (including phenoxy) is 3. The Bertz CT molecular complexity index is 912. The largest absolute Gasteiger partial charge is 0.484 e. The van der Waals surface area contributed by atoms with Crippen LogP contribution in [0.25, 0.3) is 0 Å². The van der Waals surface area contributed by atoms with Gasteiger partial charge in [-0.3, -0.25) is 9.59 Å². The molecule has 2 aromatic carbocycles. The highest BCUT2D eigenvalue weighted by Crippen LogP contribution is 2.16. The number of carbonyl (C=O) groups excluding carboxylic acids is 2. The average molecular weight is 465 g/mol. The SMILES string of the molecule is COCCN(C[C@H]1CN(C(=O)COc2ccc(Cl)cc2)CCO1)C(=O)c1ccccc1F. The first-order valence-electron chi connectivity index (χ1n) is 10.3. The van der Waals surface area contributed by atoms with Crippen molar-refractivity contribution in [2.45, 2.75) is 6.10 Å². The summed E-state index contributed by atoms with van der Waals surface area (Å²) in [6.45, 7) is 1.73. The van der Waals surface area contributed by atoms with Crippen LogP contribution in [0, 0.1) is 5.82 Å². The van der Waals surface area contributed by atoms with E-state index in [0.29, 0.717) is 37.1 Å². The fraction of sp³-hybridized carbons (Fsp3) is 0.391. The minimum absolute atomic E-state index is 0.0105. The van der Waals surface area contributed by atoms with E-state index in [1.807, 2.05) is 0 Å². The Morgan fingerprint density at radius 1 is 1.22 bits per heavy atom. The molecule has 2 amide bonds. The van der Waals surface area contributed by atoms with Crippen LogP contribution in [0.1, 0.15) is 10.4 Å². The van der Waals surface area contributed by atoms with Gasteiger partial charge in [0.25, 0.3) is 11.8 Å². The molecule has 2 aromatic rings. The molecule has 1 atom stereocenters. The Labute approximate surface area is 191 Å². The number of nitrogens with zero attached hydrogens (tertiary/aromatic N) is 2. The number of amides is 2. The molecule has 1 saturated heterocycles. The Hall–Kier alpha value is -2.68. The predicted octanol–water partition coefficient (Wildman–Crippen LogP) is 2.87. The fourth-order valence-electron chi connectivity index (χ4n) is 3.35. The van der Waals surface area contributed by atoms with Gasteiger partial charge in [0.15, 0.2) is 6.61 Å². The molecule has 0 N–H and O–H groups in total. The van der Waals surface area contributed by atoms with Crippen LogP contribution in [0.4, 0.5) is 4.39 Å². The van der Waals surface area contributed by atoms with Gasteiger partial charge in [-0.2, -0.15) is 0 Å². The molecule has 1 heterocycles. The van der Waals surface area contributed by atoms with Crippen LogP contribution in [0.5, 0.6) is 5.75 Å². The zero-order chi connectivity index (χ0) is 22.9. The van der Waals surface area contributed by atoms with E-state index >= 15 is 0 Å². The van der Waals surface area contributed by atoms with Crippen molar-refractivity contribution in [1.29, 1.82) is 0 Å². The minimum atomic E-state index is -0.583. The van der Waals surface area contributed by atoms with Crippen LogP contribution in [0.3, 0.4) is 0 Å². The maximum absolute atomic E-state index is 14.1. The van der Waals surface area contributed by atoms with E-state index in [1.54, 1.807) is 35.2 Å². The second-order valence-corrected chi connectivity index (χ2v) is 7.74. The molecule has 1 fully saturated rings. The molecule has 0 saturated carbocycles. The summed E-state index contributed by atoms with van der Waals surface area (Å²) in [5.41, 5.74) is -0.0105. The molecule has 9 heteroatoms. The van der Waals surface area contributed by atoms with E-state index in [0.717, 1.165) is 0 Å². The Kier molecular flexibility index (Phi) is 8.84. The van der Waals surface area contributed by atoms with Crippen LogP contribution in [-0.4, -0.2) is 80.8 Å². The monoisotopic (exact) mass is 464 g/mol. The normalized spacial score (nSPS) is 16.0. The molecular weight excluding hydrogens is 439 g/mol. The van der Waals surface area contributed by atoms with Crippen molar-refractivity contribution in [3.63, 3.8) is 0 Å². The lowest BCUT2D eigenvalue weighted by Gasteiger charge is -2.35. The molecule has 32 heavy (non-hydrogen) atoms. The number of methoxy groups -OCH3 is 1. The van der Waals surface area contributed by atoms with Crippen LogP contribution in [0.15, 0.2) is 48.5 Å². The quantitative estimate of drug-likeness (QED) is 0.571. The first kappa shape index (κ1) is 24.0. The van der Waals surface area contributed by atoms with Crippen LogP contribution in [-0.2, 0) is 14.3 Å². The molecule has 0 bridgehead atoms. The molecule has 1 aliphatic heterocycles. The second-order valence-electron chi connectivity index (χ2n) is 7.30. The molecular formula is C23H26ClFN2O5. The molecule has 172 valence electrons. The third-order valence-corrected chi connectivity index (χ3v) is 5.30. The summed E-state index contributed by atoms with van der Waals surface area (Å²) in [7, 11) is 1.53. The number of hydrogen-bond donors (Lipinski definition) is 0. The lowest BCUT2D eigenvalue weighted by molar-refractivity contribution is -0.141. The number of rotatable bonds is 9. The van der Waals surface area contributed by atoms with Gasteiger partial charge >= 0.3 is 0 Å². The van der Waals surface area contributed by atoms with E-state index in [-0.39, 0.29) is 31.2 Å². The Morgan fingerprint density at radius 2 is 1.97 bits per heavy atom. The summed E-state index contributed by atoms with van der Waals surface area (Å²) in [5.74, 6) is -0.662. The first-order valence-corrected chi connectivity index (χ1v) is 10.7. The van der Waals surface area contributed by atoms with Gasteiger partial charge < -0.3 is 24.0 Å². The number of halogens is 2. The van der Waals surface area contributed by atoms with Gasteiger partial charge in [-0.15, -0.1) is 0 Å². The maximum Gasteiger partial charge on any atom is 0.260 e. The van der Waals surface area contributed by atoms with Crippen molar-refractivity contribution in [3.8, 4) is 5.75 Å². The van der Waals surface area contributed by atoms with E-state index in [2.05, 4.69) is 0 Å². The number of carbonyl (C=O) groups is 2. The third kappa shape index (κ3) is 6.66. The standard InChI is InChI=1S/C23H26ClFN2O5/c1-30-12-10-27(23(29)20-4-2-3-5-21(20)25)15-19-14-26(11-13-31-19)22(28)16-32-18-8-6-17(24)7-9-18/h2-9,19H,10-16H2,1H3/t19-/m1/s1. The fourth-order valence-corrected chi connectivity index (χ4v) is 3.48. The van der Waals surface area contributed by atoms with Crippen molar-refractivity contribution >= 4 is 23.4 Å². The van der Waals surface area contributed by atoms with Gasteiger partial charge in [0.2, 0.25) is 0 Å². The van der Waals surface area contributed by atoms with Crippen LogP contribution < -0.4 is 4.74 Å². The van der Waals surface area contributed by atoms with E-state index in [1.165, 1.54) is 30.2 Å². The van der Waals surface area contributed by atoms with Gasteiger partial charge in [-0.05, 0) is 36.4 Å². The number of morpholine rings is 1. The van der Waals surface area contributed by atoms with E-state index < -0.39 is 17.8 Å². The smallest absolute Gasteiger partial charge is 0.260 e. The molecule has 0 aromatic heterocycles. The summed E-state index contributed by atoms with van der Waals surface area (Å²) >= 11 is 5.85. The Balaban J connectivity index is 1.59. The van der Waals surface area contributed by atoms with Crippen LogP contribution >= 0.6 is 11.6 Å². The minimum Gasteiger partial charge on any atom is -0.484 e. The zero-order valence-corrected chi connectivity index (χ0v) is 18.6. The lowest BCUT2D eigenvalue weighted by Crippen LogP contribution is -2.52. The molecule has 0 spiro atoms. The summed E-state index contributed by atoms with van der Waals surface area (Å²) < 4.78 is 30.6. The average Bonchev–Trinajstić information content (AvgIpc) is 2.81. The van der Waals surface area contributed by atoms with Crippen molar-refractivity contribution in [1.82, 2.24) is 9.80 Å². The van der Waals surface area contributed by atoms with Gasteiger partial charge in [0.1, 0.15) is 11.6 Å². The summed E-state index contributed by atoms with van der Waals surface area (Å²) in [5, 5.41) is 0.586. The van der Waals surface area contributed by atoms with Crippen LogP contribution in [0.2, 0.25) is 5.02 Å². The lowest BCUT2D eigenvalue weighted by atomic mass is 10.1. The molecule has 0 radical (unpaired) electrons. The zero-order valence-electron chi connectivity index (χ0n) is 17.8. The van der Waals surface area contributed by atoms with Crippen molar-refractivity contribution in [2.75, 3.05) is 53.1 Å². The van der Waals surface area contributed by atoms with E-state index in [9.17, 15) is 14.0 Å². The molecule has 0 aliphatic carbocycles. The predicted molar refractivity (Wildman–Crippen MR) is 117 cm³/mol. The van der Waals surface area contributed by atoms with Gasteiger partial charge in [0, 0.05) is 38.3 Å². The summed E-state index contributed by atoms with van der Waals surface area (Å²) in [6.07, 6.45) is -0.407.